The largest absolute Gasteiger partial charge is 0.348 e. The molecule has 1 aliphatic carbocycles. The molecule has 1 fully saturated rings. The number of carbonyl (C=O) groups is 1. The van der Waals surface area contributed by atoms with Gasteiger partial charge in [-0.25, -0.2) is 17.5 Å². The molecule has 0 unspecified atom stereocenters. The molecule has 1 saturated carbocycles. The van der Waals surface area contributed by atoms with E-state index in [2.05, 4.69) is 10.0 Å². The molecule has 1 amide bonds. The fourth-order valence-corrected chi connectivity index (χ4v) is 3.86. The predicted octanol–water partition coefficient (Wildman–Crippen LogP) is 2.81. The number of amides is 1. The van der Waals surface area contributed by atoms with Crippen molar-refractivity contribution in [3.05, 3.63) is 64.5 Å². The highest BCUT2D eigenvalue weighted by Gasteiger charge is 2.28. The van der Waals surface area contributed by atoms with E-state index in [9.17, 15) is 17.6 Å². The quantitative estimate of drug-likeness (QED) is 0.814. The van der Waals surface area contributed by atoms with Crippen LogP contribution in [0.1, 0.15) is 39.9 Å². The first kappa shape index (κ1) is 18.5. The maximum Gasteiger partial charge on any atom is 0.251 e. The zero-order chi connectivity index (χ0) is 18.9. The van der Waals surface area contributed by atoms with Crippen LogP contribution in [-0.2, 0) is 16.6 Å². The Balaban J connectivity index is 1.75. The molecule has 3 rings (SSSR count). The summed E-state index contributed by atoms with van der Waals surface area (Å²) in [5, 5.41) is 2.71. The van der Waals surface area contributed by atoms with Gasteiger partial charge in [0.25, 0.3) is 5.91 Å². The normalized spacial score (nSPS) is 14.3. The summed E-state index contributed by atoms with van der Waals surface area (Å²) >= 11 is 0. The van der Waals surface area contributed by atoms with Gasteiger partial charge < -0.3 is 5.32 Å². The van der Waals surface area contributed by atoms with Gasteiger partial charge in [-0.1, -0.05) is 18.2 Å². The molecule has 5 nitrogen and oxygen atoms in total. The lowest BCUT2D eigenvalue weighted by molar-refractivity contribution is 0.0950. The highest BCUT2D eigenvalue weighted by atomic mass is 32.2. The second-order valence-corrected chi connectivity index (χ2v) is 8.35. The van der Waals surface area contributed by atoms with Crippen LogP contribution in [0.15, 0.2) is 41.3 Å². The molecular weight excluding hydrogens is 355 g/mol. The number of hydrogen-bond donors (Lipinski definition) is 2. The van der Waals surface area contributed by atoms with E-state index in [-0.39, 0.29) is 28.9 Å². The molecule has 0 radical (unpaired) electrons. The van der Waals surface area contributed by atoms with Crippen LogP contribution in [0.4, 0.5) is 4.39 Å². The molecule has 0 aliphatic heterocycles. The number of hydrogen-bond acceptors (Lipinski definition) is 3. The third-order valence-electron chi connectivity index (χ3n) is 4.35. The zero-order valence-corrected chi connectivity index (χ0v) is 15.5. The molecule has 2 aromatic carbocycles. The van der Waals surface area contributed by atoms with Gasteiger partial charge in [0.15, 0.2) is 0 Å². The van der Waals surface area contributed by atoms with E-state index < -0.39 is 15.9 Å². The van der Waals surface area contributed by atoms with Gasteiger partial charge in [-0.05, 0) is 61.6 Å². The first-order valence-electron chi connectivity index (χ1n) is 8.42. The van der Waals surface area contributed by atoms with Crippen molar-refractivity contribution in [3.63, 3.8) is 0 Å². The van der Waals surface area contributed by atoms with Crippen LogP contribution in [0, 0.1) is 19.7 Å². The van der Waals surface area contributed by atoms with Crippen LogP contribution in [0.3, 0.4) is 0 Å². The van der Waals surface area contributed by atoms with Gasteiger partial charge in [-0.15, -0.1) is 0 Å². The molecule has 0 bridgehead atoms. The van der Waals surface area contributed by atoms with Gasteiger partial charge in [0.2, 0.25) is 10.0 Å². The summed E-state index contributed by atoms with van der Waals surface area (Å²) in [6.07, 6.45) is 1.68. The summed E-state index contributed by atoms with van der Waals surface area (Å²) in [5.74, 6) is -0.723. The molecule has 0 aromatic heterocycles. The SMILES string of the molecule is Cc1ccc(CNC(=O)c2cc(S(=O)(=O)NC3CC3)ccc2C)cc1F. The summed E-state index contributed by atoms with van der Waals surface area (Å²) < 4.78 is 40.9. The lowest BCUT2D eigenvalue weighted by Crippen LogP contribution is -2.27. The predicted molar refractivity (Wildman–Crippen MR) is 96.8 cm³/mol. The fraction of sp³-hybridized carbons (Fsp3) is 0.316. The number of aryl methyl sites for hydroxylation is 2. The maximum absolute atomic E-state index is 13.6. The van der Waals surface area contributed by atoms with E-state index in [1.54, 1.807) is 32.0 Å². The molecule has 0 spiro atoms. The monoisotopic (exact) mass is 376 g/mol. The highest BCUT2D eigenvalue weighted by molar-refractivity contribution is 7.89. The standard InChI is InChI=1S/C19H21FN2O3S/c1-12-4-8-16(26(24,25)22-15-6-7-15)10-17(12)19(23)21-11-14-5-3-13(2)18(20)9-14/h3-5,8-10,15,22H,6-7,11H2,1-2H3,(H,21,23). The van der Waals surface area contributed by atoms with Crippen LogP contribution in [-0.4, -0.2) is 20.4 Å². The number of carbonyl (C=O) groups excluding carboxylic acids is 1. The third kappa shape index (κ3) is 4.28. The average Bonchev–Trinajstić information content (AvgIpc) is 3.39. The fourth-order valence-electron chi connectivity index (χ4n) is 2.53. The van der Waals surface area contributed by atoms with Crippen molar-refractivity contribution in [2.75, 3.05) is 0 Å². The van der Waals surface area contributed by atoms with Crippen LogP contribution in [0.5, 0.6) is 0 Å². The lowest BCUT2D eigenvalue weighted by atomic mass is 10.1. The van der Waals surface area contributed by atoms with Gasteiger partial charge in [-0.3, -0.25) is 4.79 Å². The topological polar surface area (TPSA) is 75.3 Å². The van der Waals surface area contributed by atoms with Crippen LogP contribution in [0.25, 0.3) is 0 Å². The number of benzene rings is 2. The second kappa shape index (κ2) is 7.17. The van der Waals surface area contributed by atoms with Crippen LogP contribution < -0.4 is 10.0 Å². The van der Waals surface area contributed by atoms with Gasteiger partial charge in [0, 0.05) is 18.2 Å². The van der Waals surface area contributed by atoms with Crippen molar-refractivity contribution in [2.45, 2.75) is 44.2 Å². The molecular formula is C19H21FN2O3S. The van der Waals surface area contributed by atoms with Crippen molar-refractivity contribution >= 4 is 15.9 Å². The van der Waals surface area contributed by atoms with E-state index in [1.807, 2.05) is 0 Å². The molecule has 2 aromatic rings. The first-order valence-corrected chi connectivity index (χ1v) is 9.91. The number of nitrogens with one attached hydrogen (secondary N) is 2. The summed E-state index contributed by atoms with van der Waals surface area (Å²) in [7, 11) is -3.63. The first-order chi connectivity index (χ1) is 12.3. The molecule has 0 saturated heterocycles. The summed E-state index contributed by atoms with van der Waals surface area (Å²) in [6.45, 7) is 3.57. The third-order valence-corrected chi connectivity index (χ3v) is 5.87. The summed E-state index contributed by atoms with van der Waals surface area (Å²) in [5.41, 5.74) is 2.13. The van der Waals surface area contributed by atoms with Crippen molar-refractivity contribution in [2.24, 2.45) is 0 Å². The van der Waals surface area contributed by atoms with Gasteiger partial charge >= 0.3 is 0 Å². The minimum Gasteiger partial charge on any atom is -0.348 e. The second-order valence-electron chi connectivity index (χ2n) is 6.64. The Hall–Kier alpha value is -2.25. The van der Waals surface area contributed by atoms with Crippen LogP contribution in [0.2, 0.25) is 0 Å². The molecule has 0 atom stereocenters. The Morgan fingerprint density at radius 3 is 2.46 bits per heavy atom. The van der Waals surface area contributed by atoms with Gasteiger partial charge in [-0.2, -0.15) is 0 Å². The highest BCUT2D eigenvalue weighted by Crippen LogP contribution is 2.23. The molecule has 2 N–H and O–H groups in total. The Morgan fingerprint density at radius 1 is 1.12 bits per heavy atom. The molecule has 26 heavy (non-hydrogen) atoms. The van der Waals surface area contributed by atoms with E-state index in [1.165, 1.54) is 18.2 Å². The minimum atomic E-state index is -3.63. The van der Waals surface area contributed by atoms with E-state index in [0.717, 1.165) is 12.8 Å². The molecule has 7 heteroatoms. The summed E-state index contributed by atoms with van der Waals surface area (Å²) in [6, 6.07) is 9.25. The Bertz CT molecular complexity index is 953. The summed E-state index contributed by atoms with van der Waals surface area (Å²) in [4.78, 5) is 12.6. The lowest BCUT2D eigenvalue weighted by Gasteiger charge is -2.11. The number of sulfonamides is 1. The van der Waals surface area contributed by atoms with Crippen molar-refractivity contribution in [1.29, 1.82) is 0 Å². The van der Waals surface area contributed by atoms with Crippen molar-refractivity contribution < 1.29 is 17.6 Å². The Labute approximate surface area is 152 Å². The molecule has 138 valence electrons. The average molecular weight is 376 g/mol. The van der Waals surface area contributed by atoms with E-state index >= 15 is 0 Å². The molecule has 0 heterocycles. The minimum absolute atomic E-state index is 0.00462. The van der Waals surface area contributed by atoms with E-state index in [0.29, 0.717) is 16.7 Å². The maximum atomic E-state index is 13.6. The van der Waals surface area contributed by atoms with Crippen LogP contribution >= 0.6 is 0 Å². The van der Waals surface area contributed by atoms with Crippen molar-refractivity contribution in [1.82, 2.24) is 10.0 Å². The van der Waals surface area contributed by atoms with Gasteiger partial charge in [0.05, 0.1) is 4.90 Å². The van der Waals surface area contributed by atoms with Crippen molar-refractivity contribution in [3.8, 4) is 0 Å². The number of halogens is 1. The Morgan fingerprint density at radius 2 is 1.81 bits per heavy atom. The Kier molecular flexibility index (Phi) is 5.11. The number of rotatable bonds is 6. The smallest absolute Gasteiger partial charge is 0.251 e. The molecule has 1 aliphatic rings. The zero-order valence-electron chi connectivity index (χ0n) is 14.7. The van der Waals surface area contributed by atoms with E-state index in [4.69, 9.17) is 0 Å². The van der Waals surface area contributed by atoms with Gasteiger partial charge in [0.1, 0.15) is 5.82 Å².